The third-order valence-electron chi connectivity index (χ3n) is 3.93. The van der Waals surface area contributed by atoms with E-state index in [0.717, 1.165) is 25.2 Å². The molecule has 0 spiro atoms. The van der Waals surface area contributed by atoms with Gasteiger partial charge in [0.25, 0.3) is 0 Å². The van der Waals surface area contributed by atoms with E-state index >= 15 is 0 Å². The minimum absolute atomic E-state index is 0.154. The van der Waals surface area contributed by atoms with Crippen LogP contribution in [0.15, 0.2) is 24.4 Å². The number of fused-ring (bicyclic) bond motifs is 1. The van der Waals surface area contributed by atoms with Gasteiger partial charge in [0, 0.05) is 25.1 Å². The van der Waals surface area contributed by atoms with Gasteiger partial charge in [-0.15, -0.1) is 0 Å². The van der Waals surface area contributed by atoms with Crippen molar-refractivity contribution in [1.29, 1.82) is 0 Å². The fraction of sp³-hybridized carbons (Fsp3) is 0.375. The number of nitrogens with zero attached hydrogens (tertiary/aromatic N) is 2. The number of imidazole rings is 1. The highest BCUT2D eigenvalue weighted by Crippen LogP contribution is 2.30. The molecule has 1 atom stereocenters. The van der Waals surface area contributed by atoms with E-state index in [9.17, 15) is 4.79 Å². The molecule has 0 fully saturated rings. The Kier molecular flexibility index (Phi) is 3.08. The summed E-state index contributed by atoms with van der Waals surface area (Å²) in [5.74, 6) is 0.384. The Hall–Kier alpha value is -2.10. The molecule has 1 unspecified atom stereocenters. The first-order valence-electron chi connectivity index (χ1n) is 6.90. The predicted octanol–water partition coefficient (Wildman–Crippen LogP) is 2.93. The smallest absolute Gasteiger partial charge is 0.356 e. The number of aromatic nitrogens is 2. The number of benzene rings is 1. The van der Waals surface area contributed by atoms with Gasteiger partial charge in [-0.1, -0.05) is 29.3 Å². The van der Waals surface area contributed by atoms with Crippen LogP contribution in [0.25, 0.3) is 0 Å². The topological polar surface area (TPSA) is 55.1 Å². The van der Waals surface area contributed by atoms with Crippen molar-refractivity contribution in [2.75, 3.05) is 0 Å². The summed E-state index contributed by atoms with van der Waals surface area (Å²) in [7, 11) is 0. The summed E-state index contributed by atoms with van der Waals surface area (Å²) in [4.78, 5) is 15.2. The van der Waals surface area contributed by atoms with Crippen LogP contribution in [0.1, 0.15) is 45.3 Å². The molecule has 0 radical (unpaired) electrons. The van der Waals surface area contributed by atoms with Crippen LogP contribution in [-0.4, -0.2) is 20.6 Å². The minimum atomic E-state index is -0.949. The molecule has 2 heterocycles. The summed E-state index contributed by atoms with van der Waals surface area (Å²) in [5, 5.41) is 9.01. The lowest BCUT2D eigenvalue weighted by Gasteiger charge is -2.24. The standard InChI is InChI=1S/C16H18N2O2/c1-10-5-11(2)7-13(6-10)12-3-4-15-17-14(16(19)20)9-18(15)8-12/h5-7,9,12H,3-4,8H2,1-2H3,(H,19,20). The third-order valence-corrected chi connectivity index (χ3v) is 3.93. The Labute approximate surface area is 118 Å². The molecule has 0 bridgehead atoms. The van der Waals surface area contributed by atoms with Gasteiger partial charge in [-0.3, -0.25) is 0 Å². The van der Waals surface area contributed by atoms with Crippen LogP contribution >= 0.6 is 0 Å². The van der Waals surface area contributed by atoms with Crippen LogP contribution < -0.4 is 0 Å². The fourth-order valence-electron chi connectivity index (χ4n) is 3.06. The van der Waals surface area contributed by atoms with Crippen molar-refractivity contribution >= 4 is 5.97 Å². The molecule has 0 saturated carbocycles. The summed E-state index contributed by atoms with van der Waals surface area (Å²) in [5.41, 5.74) is 4.06. The van der Waals surface area contributed by atoms with Gasteiger partial charge in [0.2, 0.25) is 0 Å². The van der Waals surface area contributed by atoms with Crippen LogP contribution in [0, 0.1) is 13.8 Å². The van der Waals surface area contributed by atoms with Crippen molar-refractivity contribution in [1.82, 2.24) is 9.55 Å². The monoisotopic (exact) mass is 270 g/mol. The number of hydrogen-bond donors (Lipinski definition) is 1. The first-order valence-corrected chi connectivity index (χ1v) is 6.90. The normalized spacial score (nSPS) is 17.8. The molecule has 4 heteroatoms. The molecule has 4 nitrogen and oxygen atoms in total. The lowest BCUT2D eigenvalue weighted by Crippen LogP contribution is -2.18. The predicted molar refractivity (Wildman–Crippen MR) is 76.2 cm³/mol. The first kappa shape index (κ1) is 12.9. The van der Waals surface area contributed by atoms with E-state index in [2.05, 4.69) is 37.0 Å². The summed E-state index contributed by atoms with van der Waals surface area (Å²) in [6, 6.07) is 6.65. The van der Waals surface area contributed by atoms with Gasteiger partial charge in [-0.2, -0.15) is 0 Å². The molecular formula is C16H18N2O2. The molecular weight excluding hydrogens is 252 g/mol. The Balaban J connectivity index is 1.89. The second kappa shape index (κ2) is 4.78. The fourth-order valence-corrected chi connectivity index (χ4v) is 3.06. The lowest BCUT2D eigenvalue weighted by molar-refractivity contribution is 0.0691. The molecule has 3 rings (SSSR count). The maximum Gasteiger partial charge on any atom is 0.356 e. The number of rotatable bonds is 2. The van der Waals surface area contributed by atoms with Crippen molar-refractivity contribution in [3.8, 4) is 0 Å². The molecule has 1 aliphatic rings. The first-order chi connectivity index (χ1) is 9.52. The van der Waals surface area contributed by atoms with Gasteiger partial charge in [-0.05, 0) is 25.8 Å². The quantitative estimate of drug-likeness (QED) is 0.912. The molecule has 0 aliphatic carbocycles. The van der Waals surface area contributed by atoms with Crippen molar-refractivity contribution in [2.24, 2.45) is 0 Å². The highest BCUT2D eigenvalue weighted by atomic mass is 16.4. The van der Waals surface area contributed by atoms with E-state index in [-0.39, 0.29) is 5.69 Å². The van der Waals surface area contributed by atoms with E-state index in [1.54, 1.807) is 6.20 Å². The van der Waals surface area contributed by atoms with E-state index in [4.69, 9.17) is 5.11 Å². The largest absolute Gasteiger partial charge is 0.476 e. The van der Waals surface area contributed by atoms with Crippen molar-refractivity contribution < 1.29 is 9.90 Å². The molecule has 1 aliphatic heterocycles. The van der Waals surface area contributed by atoms with Gasteiger partial charge < -0.3 is 9.67 Å². The third kappa shape index (κ3) is 2.33. The van der Waals surface area contributed by atoms with Gasteiger partial charge in [0.15, 0.2) is 5.69 Å². The van der Waals surface area contributed by atoms with E-state index in [0.29, 0.717) is 5.92 Å². The molecule has 0 saturated heterocycles. The maximum absolute atomic E-state index is 11.0. The zero-order valence-electron chi connectivity index (χ0n) is 11.8. The molecule has 20 heavy (non-hydrogen) atoms. The van der Waals surface area contributed by atoms with Gasteiger partial charge in [0.1, 0.15) is 5.82 Å². The van der Waals surface area contributed by atoms with Gasteiger partial charge in [-0.25, -0.2) is 9.78 Å². The Morgan fingerprint density at radius 3 is 2.65 bits per heavy atom. The van der Waals surface area contributed by atoms with Crippen LogP contribution in [0.5, 0.6) is 0 Å². The second-order valence-electron chi connectivity index (χ2n) is 5.66. The summed E-state index contributed by atoms with van der Waals surface area (Å²) in [6.07, 6.45) is 3.52. The number of hydrogen-bond acceptors (Lipinski definition) is 2. The van der Waals surface area contributed by atoms with Crippen molar-refractivity contribution in [3.63, 3.8) is 0 Å². The molecule has 2 aromatic rings. The average molecular weight is 270 g/mol. The van der Waals surface area contributed by atoms with Crippen LogP contribution in [-0.2, 0) is 13.0 Å². The molecule has 1 aromatic carbocycles. The Morgan fingerprint density at radius 1 is 1.30 bits per heavy atom. The van der Waals surface area contributed by atoms with Gasteiger partial charge in [0.05, 0.1) is 0 Å². The SMILES string of the molecule is Cc1cc(C)cc(C2CCc3nc(C(=O)O)cn3C2)c1. The summed E-state index contributed by atoms with van der Waals surface area (Å²) < 4.78 is 2.00. The minimum Gasteiger partial charge on any atom is -0.476 e. The lowest BCUT2D eigenvalue weighted by atomic mass is 9.89. The van der Waals surface area contributed by atoms with Crippen LogP contribution in [0.3, 0.4) is 0 Å². The number of aryl methyl sites for hydroxylation is 3. The van der Waals surface area contributed by atoms with Gasteiger partial charge >= 0.3 is 5.97 Å². The van der Waals surface area contributed by atoms with E-state index < -0.39 is 5.97 Å². The zero-order chi connectivity index (χ0) is 14.3. The van der Waals surface area contributed by atoms with Crippen LogP contribution in [0.2, 0.25) is 0 Å². The number of carboxylic acid groups (broad SMARTS) is 1. The molecule has 1 aromatic heterocycles. The Bertz CT molecular complexity index is 653. The average Bonchev–Trinajstić information content (AvgIpc) is 2.80. The van der Waals surface area contributed by atoms with Crippen molar-refractivity contribution in [3.05, 3.63) is 52.6 Å². The second-order valence-corrected chi connectivity index (χ2v) is 5.66. The number of aromatic carboxylic acids is 1. The summed E-state index contributed by atoms with van der Waals surface area (Å²) >= 11 is 0. The maximum atomic E-state index is 11.0. The number of carbonyl (C=O) groups is 1. The van der Waals surface area contributed by atoms with E-state index in [1.165, 1.54) is 16.7 Å². The Morgan fingerprint density at radius 2 is 2.00 bits per heavy atom. The van der Waals surface area contributed by atoms with E-state index in [1.807, 2.05) is 4.57 Å². The number of carboxylic acids is 1. The van der Waals surface area contributed by atoms with Crippen molar-refractivity contribution in [2.45, 2.75) is 39.2 Å². The molecule has 0 amide bonds. The highest BCUT2D eigenvalue weighted by Gasteiger charge is 2.23. The molecule has 1 N–H and O–H groups in total. The van der Waals surface area contributed by atoms with Crippen LogP contribution in [0.4, 0.5) is 0 Å². The molecule has 104 valence electrons. The summed E-state index contributed by atoms with van der Waals surface area (Å²) in [6.45, 7) is 5.05. The zero-order valence-corrected chi connectivity index (χ0v) is 11.8. The highest BCUT2D eigenvalue weighted by molar-refractivity contribution is 5.85.